The van der Waals surface area contributed by atoms with Crippen LogP contribution in [0.2, 0.25) is 0 Å². The van der Waals surface area contributed by atoms with Crippen molar-refractivity contribution in [1.82, 2.24) is 20.0 Å². The molecule has 0 spiro atoms. The molecule has 3 atom stereocenters. The summed E-state index contributed by atoms with van der Waals surface area (Å²) in [6.45, 7) is 3.85. The molecule has 47 heavy (non-hydrogen) atoms. The monoisotopic (exact) mass is 644 g/mol. The fourth-order valence-electron chi connectivity index (χ4n) is 5.79. The first kappa shape index (κ1) is 33.2. The van der Waals surface area contributed by atoms with Gasteiger partial charge in [-0.25, -0.2) is 4.68 Å². The zero-order valence-electron chi connectivity index (χ0n) is 26.4. The Kier molecular flexibility index (Phi) is 9.40. The minimum absolute atomic E-state index is 0.0229. The van der Waals surface area contributed by atoms with E-state index in [0.717, 1.165) is 12.2 Å². The molecule has 2 heterocycles. The Morgan fingerprint density at radius 2 is 1.87 bits per heavy atom. The van der Waals surface area contributed by atoms with Crippen LogP contribution in [0.3, 0.4) is 0 Å². The van der Waals surface area contributed by atoms with Crippen LogP contribution in [-0.2, 0) is 14.4 Å². The Morgan fingerprint density at radius 1 is 1.13 bits per heavy atom. The maximum atomic E-state index is 14.3. The highest BCUT2D eigenvalue weighted by Crippen LogP contribution is 2.43. The number of likely N-dealkylation sites (N-methyl/N-ethyl adjacent to an activating group) is 1. The summed E-state index contributed by atoms with van der Waals surface area (Å²) in [6.07, 6.45) is 0.201. The number of nitrogens with one attached hydrogen (secondary N) is 2. The Hall–Kier alpha value is -5.15. The Bertz CT molecular complexity index is 1800. The second kappa shape index (κ2) is 13.3. The number of nitrogens with zero attached hydrogens (tertiary/aromatic N) is 4. The topological polar surface area (TPSA) is 99.6 Å². The van der Waals surface area contributed by atoms with Crippen LogP contribution in [0.15, 0.2) is 84.6 Å². The van der Waals surface area contributed by atoms with Gasteiger partial charge in [0.05, 0.1) is 29.4 Å². The lowest BCUT2D eigenvalue weighted by atomic mass is 9.78. The van der Waals surface area contributed by atoms with Crippen LogP contribution >= 0.6 is 0 Å². The Labute approximate surface area is 271 Å². The molecule has 244 valence electrons. The number of allylic oxidation sites excluding steroid dienone is 3. The first-order valence-corrected chi connectivity index (χ1v) is 15.1. The number of fused-ring (bicyclic) bond motifs is 1. The molecular formula is C35H35F3N6O3. The standard InChI is InChI=1S/C35H35F3N6O3/c1-5-43-31-27(22-39-44(31)26-15-7-6-8-16-26)29(23-12-9-14-25(20-23)40-28(45)17-11-19-42(3)4)30(32(43)46)41-33(47)34(2)18-10-13-24(21-34)35(36,37)38/h6-10,12-16,20-22,29-30H,5,18-19H2,1-4H3,(H,40,45)(H,41,47)/t29-,30+,34?/m0/s1. The van der Waals surface area contributed by atoms with E-state index in [-0.39, 0.29) is 13.0 Å². The predicted molar refractivity (Wildman–Crippen MR) is 173 cm³/mol. The second-order valence-electron chi connectivity index (χ2n) is 11.9. The largest absolute Gasteiger partial charge is 0.416 e. The lowest BCUT2D eigenvalue weighted by molar-refractivity contribution is -0.133. The quantitative estimate of drug-likeness (QED) is 0.360. The van der Waals surface area contributed by atoms with E-state index in [0.29, 0.717) is 34.9 Å². The van der Waals surface area contributed by atoms with E-state index in [1.165, 1.54) is 17.9 Å². The van der Waals surface area contributed by atoms with Gasteiger partial charge in [0.15, 0.2) is 0 Å². The minimum atomic E-state index is -4.64. The molecule has 2 aliphatic rings. The van der Waals surface area contributed by atoms with E-state index in [2.05, 4.69) is 27.6 Å². The minimum Gasteiger partial charge on any atom is -0.343 e. The molecule has 0 saturated carbocycles. The number of benzene rings is 2. The normalized spacial score (nSPS) is 20.6. The molecular weight excluding hydrogens is 609 g/mol. The lowest BCUT2D eigenvalue weighted by Crippen LogP contribution is -2.57. The highest BCUT2D eigenvalue weighted by molar-refractivity contribution is 6.05. The summed E-state index contributed by atoms with van der Waals surface area (Å²) < 4.78 is 42.5. The van der Waals surface area contributed by atoms with E-state index in [1.54, 1.807) is 42.1 Å². The lowest BCUT2D eigenvalue weighted by Gasteiger charge is -2.39. The average molecular weight is 645 g/mol. The van der Waals surface area contributed by atoms with Crippen LogP contribution in [-0.4, -0.2) is 71.8 Å². The van der Waals surface area contributed by atoms with Gasteiger partial charge in [-0.15, -0.1) is 0 Å². The maximum absolute atomic E-state index is 14.3. The highest BCUT2D eigenvalue weighted by atomic mass is 19.4. The van der Waals surface area contributed by atoms with E-state index in [1.807, 2.05) is 49.3 Å². The van der Waals surface area contributed by atoms with Crippen LogP contribution in [0, 0.1) is 17.3 Å². The number of para-hydroxylation sites is 1. The summed E-state index contributed by atoms with van der Waals surface area (Å²) in [5, 5.41) is 10.2. The molecule has 0 fully saturated rings. The molecule has 9 nitrogen and oxygen atoms in total. The van der Waals surface area contributed by atoms with E-state index >= 15 is 0 Å². The fourth-order valence-corrected chi connectivity index (χ4v) is 5.79. The number of rotatable bonds is 7. The number of aromatic nitrogens is 2. The van der Waals surface area contributed by atoms with Crippen molar-refractivity contribution in [2.75, 3.05) is 37.4 Å². The molecule has 5 rings (SSSR count). The summed E-state index contributed by atoms with van der Waals surface area (Å²) in [5.74, 6) is 3.35. The number of anilines is 2. The van der Waals surface area contributed by atoms with Gasteiger partial charge in [-0.3, -0.25) is 24.2 Å². The SMILES string of the molecule is CCN1C(=O)[C@H](NC(=O)C2(C)C=C(C(F)(F)F)C=CC2)[C@@H](c2cccc(NC(=O)C#CCN(C)C)c2)c2cnn(-c3ccccc3)c21. The van der Waals surface area contributed by atoms with Crippen LogP contribution in [0.1, 0.15) is 37.3 Å². The first-order valence-electron chi connectivity index (χ1n) is 15.1. The summed E-state index contributed by atoms with van der Waals surface area (Å²) in [4.78, 5) is 44.1. The van der Waals surface area contributed by atoms with Crippen molar-refractivity contribution in [2.45, 2.75) is 38.4 Å². The van der Waals surface area contributed by atoms with Crippen LogP contribution in [0.25, 0.3) is 5.69 Å². The average Bonchev–Trinajstić information content (AvgIpc) is 3.46. The molecule has 1 aliphatic heterocycles. The molecule has 1 unspecified atom stereocenters. The predicted octanol–water partition coefficient (Wildman–Crippen LogP) is 4.81. The van der Waals surface area contributed by atoms with Crippen molar-refractivity contribution in [2.24, 2.45) is 5.41 Å². The Balaban J connectivity index is 1.58. The Morgan fingerprint density at radius 3 is 2.55 bits per heavy atom. The first-order chi connectivity index (χ1) is 22.3. The number of hydrogen-bond acceptors (Lipinski definition) is 5. The van der Waals surface area contributed by atoms with Crippen LogP contribution in [0.5, 0.6) is 0 Å². The van der Waals surface area contributed by atoms with Crippen molar-refractivity contribution in [3.63, 3.8) is 0 Å². The molecule has 0 radical (unpaired) electrons. The molecule has 12 heteroatoms. The van der Waals surface area contributed by atoms with Crippen molar-refractivity contribution >= 4 is 29.2 Å². The van der Waals surface area contributed by atoms with Gasteiger partial charge >= 0.3 is 6.18 Å². The third-order valence-corrected chi connectivity index (χ3v) is 8.09. The van der Waals surface area contributed by atoms with Gasteiger partial charge in [0.1, 0.15) is 11.9 Å². The zero-order chi connectivity index (χ0) is 33.9. The van der Waals surface area contributed by atoms with Gasteiger partial charge in [-0.1, -0.05) is 54.5 Å². The number of amides is 3. The summed E-state index contributed by atoms with van der Waals surface area (Å²) in [7, 11) is 3.67. The molecule has 3 aromatic rings. The molecule has 1 aromatic heterocycles. The number of halogens is 3. The number of hydrogen-bond donors (Lipinski definition) is 2. The molecule has 0 bridgehead atoms. The van der Waals surface area contributed by atoms with Crippen LogP contribution in [0.4, 0.5) is 24.7 Å². The smallest absolute Gasteiger partial charge is 0.343 e. The molecule has 2 aromatic carbocycles. The van der Waals surface area contributed by atoms with Crippen molar-refractivity contribution in [1.29, 1.82) is 0 Å². The van der Waals surface area contributed by atoms with Crippen molar-refractivity contribution in [3.8, 4) is 17.5 Å². The highest BCUT2D eigenvalue weighted by Gasteiger charge is 2.47. The summed E-state index contributed by atoms with van der Waals surface area (Å²) in [6, 6.07) is 14.9. The van der Waals surface area contributed by atoms with Crippen LogP contribution < -0.4 is 15.5 Å². The number of alkyl halides is 3. The van der Waals surface area contributed by atoms with Gasteiger partial charge < -0.3 is 10.6 Å². The maximum Gasteiger partial charge on any atom is 0.416 e. The van der Waals surface area contributed by atoms with E-state index in [4.69, 9.17) is 0 Å². The number of carbonyl (C=O) groups excluding carboxylic acids is 3. The zero-order valence-corrected chi connectivity index (χ0v) is 26.4. The fraction of sp³-hybridized carbons (Fsp3) is 0.314. The van der Waals surface area contributed by atoms with Gasteiger partial charge in [0.25, 0.3) is 11.8 Å². The second-order valence-corrected chi connectivity index (χ2v) is 11.9. The summed E-state index contributed by atoms with van der Waals surface area (Å²) in [5.41, 5.74) is -0.155. The van der Waals surface area contributed by atoms with E-state index < -0.39 is 46.8 Å². The van der Waals surface area contributed by atoms with Gasteiger partial charge in [-0.2, -0.15) is 18.3 Å². The van der Waals surface area contributed by atoms with Gasteiger partial charge in [0.2, 0.25) is 5.91 Å². The van der Waals surface area contributed by atoms with Gasteiger partial charge in [-0.05, 0) is 70.1 Å². The van der Waals surface area contributed by atoms with Crippen molar-refractivity contribution in [3.05, 3.63) is 95.7 Å². The van der Waals surface area contributed by atoms with E-state index in [9.17, 15) is 27.6 Å². The summed E-state index contributed by atoms with van der Waals surface area (Å²) >= 11 is 0. The molecule has 1 aliphatic carbocycles. The third-order valence-electron chi connectivity index (χ3n) is 8.09. The van der Waals surface area contributed by atoms with Crippen molar-refractivity contribution < 1.29 is 27.6 Å². The molecule has 3 amide bonds. The third kappa shape index (κ3) is 7.00. The number of carbonyl (C=O) groups is 3. The van der Waals surface area contributed by atoms with Gasteiger partial charge in [0, 0.05) is 23.7 Å². The molecule has 0 saturated heterocycles. The molecule has 2 N–H and O–H groups in total.